The minimum absolute atomic E-state index is 0.0398. The van der Waals surface area contributed by atoms with Crippen molar-refractivity contribution in [2.24, 2.45) is 5.73 Å². The lowest BCUT2D eigenvalue weighted by Crippen LogP contribution is -2.31. The molecule has 0 unspecified atom stereocenters. The van der Waals surface area contributed by atoms with Gasteiger partial charge in [0.05, 0.1) is 10.5 Å². The Morgan fingerprint density at radius 2 is 1.88 bits per heavy atom. The number of thiophene rings is 1. The van der Waals surface area contributed by atoms with Gasteiger partial charge in [-0.1, -0.05) is 30.0 Å². The van der Waals surface area contributed by atoms with E-state index in [1.165, 1.54) is 40.1 Å². The van der Waals surface area contributed by atoms with Crippen molar-refractivity contribution in [1.82, 2.24) is 4.90 Å². The molecule has 0 radical (unpaired) electrons. The molecule has 1 fully saturated rings. The number of carbonyl (C=O) groups excluding carboxylic acids is 3. The largest absolute Gasteiger partial charge is 0.456 e. The number of amides is 2. The second-order valence-electron chi connectivity index (χ2n) is 9.95. The van der Waals surface area contributed by atoms with Crippen molar-refractivity contribution >= 4 is 69.2 Å². The molecule has 3 aromatic rings. The summed E-state index contributed by atoms with van der Waals surface area (Å²) >= 11 is 8.00. The van der Waals surface area contributed by atoms with Crippen LogP contribution in [0.2, 0.25) is 0 Å². The van der Waals surface area contributed by atoms with Crippen LogP contribution in [0.25, 0.3) is 17.2 Å². The summed E-state index contributed by atoms with van der Waals surface area (Å²) in [6.07, 6.45) is 1.79. The van der Waals surface area contributed by atoms with E-state index in [0.717, 1.165) is 21.6 Å². The second-order valence-corrected chi connectivity index (χ2v) is 12.6. The average Bonchev–Trinajstić information content (AvgIpc) is 3.46. The first-order valence-corrected chi connectivity index (χ1v) is 14.5. The lowest BCUT2D eigenvalue weighted by molar-refractivity contribution is -0.122. The molecule has 0 aliphatic carbocycles. The molecule has 0 bridgehead atoms. The summed E-state index contributed by atoms with van der Waals surface area (Å²) in [5.41, 5.74) is 8.48. The number of rotatable bonds is 8. The number of anilines is 1. The van der Waals surface area contributed by atoms with Gasteiger partial charge in [-0.3, -0.25) is 14.5 Å². The Morgan fingerprint density at radius 1 is 1.15 bits per heavy atom. The summed E-state index contributed by atoms with van der Waals surface area (Å²) in [4.78, 5) is 40.4. The van der Waals surface area contributed by atoms with Crippen LogP contribution in [0.15, 0.2) is 58.8 Å². The van der Waals surface area contributed by atoms with Crippen LogP contribution >= 0.6 is 35.3 Å². The predicted molar refractivity (Wildman–Crippen MR) is 162 cm³/mol. The minimum Gasteiger partial charge on any atom is -0.456 e. The minimum atomic E-state index is -0.602. The van der Waals surface area contributed by atoms with Gasteiger partial charge in [0.15, 0.2) is 0 Å². The summed E-state index contributed by atoms with van der Waals surface area (Å²) in [6.45, 7) is 5.78. The first-order chi connectivity index (χ1) is 18.9. The van der Waals surface area contributed by atoms with Gasteiger partial charge in [-0.25, -0.2) is 9.18 Å². The number of esters is 1. The fraction of sp³-hybridized carbons (Fsp3) is 0.241. The van der Waals surface area contributed by atoms with Crippen LogP contribution in [0.4, 0.5) is 10.1 Å². The number of hydrogen-bond acceptors (Lipinski definition) is 8. The van der Waals surface area contributed by atoms with Crippen molar-refractivity contribution in [2.45, 2.75) is 39.3 Å². The van der Waals surface area contributed by atoms with Crippen LogP contribution in [-0.4, -0.2) is 39.1 Å². The fourth-order valence-electron chi connectivity index (χ4n) is 3.85. The van der Waals surface area contributed by atoms with E-state index in [1.54, 1.807) is 57.2 Å². The fourth-order valence-corrected chi connectivity index (χ4v) is 6.06. The Kier molecular flexibility index (Phi) is 9.19. The molecule has 1 aromatic heterocycles. The number of halogens is 1. The highest BCUT2D eigenvalue weighted by molar-refractivity contribution is 8.26. The zero-order valence-corrected chi connectivity index (χ0v) is 24.6. The van der Waals surface area contributed by atoms with Gasteiger partial charge in [0.2, 0.25) is 5.91 Å². The molecular formula is C29H28FN3O4S3. The van der Waals surface area contributed by atoms with Crippen molar-refractivity contribution in [3.05, 3.63) is 80.6 Å². The van der Waals surface area contributed by atoms with E-state index in [9.17, 15) is 18.8 Å². The maximum absolute atomic E-state index is 13.8. The number of thiocarbonyl (C=S) groups is 1. The molecule has 1 saturated heterocycles. The Hall–Kier alpha value is -3.38. The summed E-state index contributed by atoms with van der Waals surface area (Å²) in [5.74, 6) is -1.35. The van der Waals surface area contributed by atoms with Crippen LogP contribution in [0.3, 0.4) is 0 Å². The van der Waals surface area contributed by atoms with Crippen molar-refractivity contribution in [3.8, 4) is 11.1 Å². The van der Waals surface area contributed by atoms with Gasteiger partial charge in [0.1, 0.15) is 15.7 Å². The van der Waals surface area contributed by atoms with Gasteiger partial charge in [0.25, 0.3) is 5.91 Å². The summed E-state index contributed by atoms with van der Waals surface area (Å²) < 4.78 is 19.5. The monoisotopic (exact) mass is 597 g/mol. The lowest BCUT2D eigenvalue weighted by atomic mass is 10.0. The molecule has 2 aromatic carbocycles. The molecule has 0 atom stereocenters. The number of hydrogen-bond donors (Lipinski definition) is 2. The maximum Gasteiger partial charge on any atom is 0.338 e. The molecule has 7 nitrogen and oxygen atoms in total. The molecule has 208 valence electrons. The van der Waals surface area contributed by atoms with E-state index in [4.69, 9.17) is 22.7 Å². The molecule has 2 amide bonds. The van der Waals surface area contributed by atoms with Crippen LogP contribution in [-0.2, 0) is 20.9 Å². The summed E-state index contributed by atoms with van der Waals surface area (Å²) in [7, 11) is 0. The van der Waals surface area contributed by atoms with E-state index >= 15 is 0 Å². The Morgan fingerprint density at radius 3 is 2.55 bits per heavy atom. The topological polar surface area (TPSA) is 102 Å². The van der Waals surface area contributed by atoms with E-state index in [1.807, 2.05) is 11.4 Å². The molecule has 11 heteroatoms. The SMILES string of the molecule is CC(C)(C)OC(=O)c1ccc(NC(=O)CCN2C(=O)C(=Cc3cc(-c4cc(F)ccc4CN)cs3)SC2=S)cc1. The van der Waals surface area contributed by atoms with Gasteiger partial charge in [-0.2, -0.15) is 0 Å². The van der Waals surface area contributed by atoms with Gasteiger partial charge in [-0.15, -0.1) is 11.3 Å². The second kappa shape index (κ2) is 12.4. The van der Waals surface area contributed by atoms with Crippen molar-refractivity contribution < 1.29 is 23.5 Å². The lowest BCUT2D eigenvalue weighted by Gasteiger charge is -2.19. The van der Waals surface area contributed by atoms with Crippen LogP contribution < -0.4 is 11.1 Å². The zero-order chi connectivity index (χ0) is 29.0. The zero-order valence-electron chi connectivity index (χ0n) is 22.2. The first kappa shape index (κ1) is 29.6. The molecule has 0 saturated carbocycles. The molecular weight excluding hydrogens is 570 g/mol. The van der Waals surface area contributed by atoms with Gasteiger partial charge in [-0.05, 0) is 91.4 Å². The Bertz CT molecular complexity index is 1490. The number of nitrogens with one attached hydrogen (secondary N) is 1. The molecule has 2 heterocycles. The van der Waals surface area contributed by atoms with Crippen molar-refractivity contribution in [1.29, 1.82) is 0 Å². The van der Waals surface area contributed by atoms with Gasteiger partial charge in [0, 0.05) is 30.1 Å². The summed E-state index contributed by atoms with van der Waals surface area (Å²) in [6, 6.07) is 12.8. The standard InChI is InChI=1S/C29H28FN3O4S3/c1-29(2,3)37-27(36)17-5-8-21(9-6-17)32-25(34)10-11-33-26(35)24(40-28(33)38)14-22-12-19(16-39-22)23-13-20(30)7-4-18(23)15-31/h4-9,12-14,16H,10-11,15,31H2,1-3H3,(H,32,34). The molecule has 0 spiro atoms. The van der Waals surface area contributed by atoms with Crippen molar-refractivity contribution in [3.63, 3.8) is 0 Å². The van der Waals surface area contributed by atoms with Crippen LogP contribution in [0.5, 0.6) is 0 Å². The van der Waals surface area contributed by atoms with Crippen LogP contribution in [0, 0.1) is 5.82 Å². The third-order valence-corrected chi connectivity index (χ3v) is 7.99. The quantitative estimate of drug-likeness (QED) is 0.181. The number of thioether (sulfide) groups is 1. The maximum atomic E-state index is 13.8. The number of nitrogens with two attached hydrogens (primary N) is 1. The van der Waals surface area contributed by atoms with E-state index < -0.39 is 11.6 Å². The highest BCUT2D eigenvalue weighted by Crippen LogP contribution is 2.36. The molecule has 1 aliphatic rings. The Labute approximate surface area is 245 Å². The van der Waals surface area contributed by atoms with Crippen molar-refractivity contribution in [2.75, 3.05) is 11.9 Å². The average molecular weight is 598 g/mol. The Balaban J connectivity index is 1.35. The smallest absolute Gasteiger partial charge is 0.338 e. The van der Waals surface area contributed by atoms with Crippen LogP contribution in [0.1, 0.15) is 48.0 Å². The number of benzene rings is 2. The summed E-state index contributed by atoms with van der Waals surface area (Å²) in [5, 5.41) is 4.66. The highest BCUT2D eigenvalue weighted by atomic mass is 32.2. The number of carbonyl (C=O) groups is 3. The predicted octanol–water partition coefficient (Wildman–Crippen LogP) is 6.20. The van der Waals surface area contributed by atoms with Gasteiger partial charge < -0.3 is 15.8 Å². The van der Waals surface area contributed by atoms with E-state index in [-0.39, 0.29) is 37.1 Å². The highest BCUT2D eigenvalue weighted by Gasteiger charge is 2.32. The van der Waals surface area contributed by atoms with E-state index in [0.29, 0.717) is 20.5 Å². The third kappa shape index (κ3) is 7.42. The number of nitrogens with zero attached hydrogens (tertiary/aromatic N) is 1. The molecule has 4 rings (SSSR count). The molecule has 1 aliphatic heterocycles. The molecule has 3 N–H and O–H groups in total. The normalized spacial score (nSPS) is 14.6. The van der Waals surface area contributed by atoms with E-state index in [2.05, 4.69) is 5.32 Å². The third-order valence-electron chi connectivity index (χ3n) is 5.74. The molecule has 40 heavy (non-hydrogen) atoms. The number of ether oxygens (including phenoxy) is 1. The van der Waals surface area contributed by atoms with Gasteiger partial charge >= 0.3 is 5.97 Å². The first-order valence-electron chi connectivity index (χ1n) is 12.4.